The van der Waals surface area contributed by atoms with Gasteiger partial charge in [-0.15, -0.1) is 0 Å². The van der Waals surface area contributed by atoms with Gasteiger partial charge in [0.25, 0.3) is 0 Å². The predicted octanol–water partition coefficient (Wildman–Crippen LogP) is 5.24. The van der Waals surface area contributed by atoms with Crippen LogP contribution in [0.3, 0.4) is 0 Å². The maximum Gasteiger partial charge on any atom is 0.220 e. The van der Waals surface area contributed by atoms with Gasteiger partial charge in [0.1, 0.15) is 17.0 Å². The average Bonchev–Trinajstić information content (AvgIpc) is 2.83. The Morgan fingerprint density at radius 2 is 2.00 bits per heavy atom. The summed E-state index contributed by atoms with van der Waals surface area (Å²) in [6.07, 6.45) is 1.97. The van der Waals surface area contributed by atoms with Crippen molar-refractivity contribution in [2.75, 3.05) is 25.6 Å². The van der Waals surface area contributed by atoms with Crippen LogP contribution < -0.4 is 15.2 Å². The average molecular weight is 496 g/mol. The summed E-state index contributed by atoms with van der Waals surface area (Å²) in [6, 6.07) is 11.8. The van der Waals surface area contributed by atoms with Crippen molar-refractivity contribution in [3.63, 3.8) is 0 Å². The summed E-state index contributed by atoms with van der Waals surface area (Å²) in [6.45, 7) is 3.68. The van der Waals surface area contributed by atoms with Gasteiger partial charge in [0.2, 0.25) is 5.95 Å². The minimum absolute atomic E-state index is 0.0973. The molecule has 3 aromatic rings. The van der Waals surface area contributed by atoms with Crippen LogP contribution in [-0.2, 0) is 10.3 Å². The monoisotopic (exact) mass is 495 g/mol. The molecule has 1 fully saturated rings. The molecule has 35 heavy (non-hydrogen) atoms. The Labute approximate surface area is 205 Å². The first-order valence-corrected chi connectivity index (χ1v) is 12.3. The number of nitrogens with two attached hydrogens (primary N) is 1. The van der Waals surface area contributed by atoms with Gasteiger partial charge in [0.15, 0.2) is 16.7 Å². The third-order valence-corrected chi connectivity index (χ3v) is 7.47. The lowest BCUT2D eigenvalue weighted by molar-refractivity contribution is -0.120. The van der Waals surface area contributed by atoms with E-state index >= 15 is 4.39 Å². The Morgan fingerprint density at radius 3 is 2.74 bits per heavy atom. The lowest BCUT2D eigenvalue weighted by Crippen LogP contribution is -2.44. The summed E-state index contributed by atoms with van der Waals surface area (Å²) in [5.74, 6) is 0.527. The molecule has 0 unspecified atom stereocenters. The standard InChI is InChI=1S/C26H23F2N3O3S/c1-25(12-32-13-25)14-33-16-10-19-22(20(27)11-16)34-21-5-4-15(17-3-2-7-30-23(17)28)9-18(21)26(19)6-8-35-24(29)31-26/h2-5,7,9-11H,6,8,12-14H2,1H3,(H2,29,31)/t26-/m0/s1. The second kappa shape index (κ2) is 8.20. The fraction of sp³-hybridized carbons (Fsp3) is 0.308. The quantitative estimate of drug-likeness (QED) is 0.499. The number of benzene rings is 2. The SMILES string of the molecule is CC1(COc2cc(F)c3c(c2)[C@]2(CCSC(N)=N2)c2cc(-c4cccnc4F)ccc2O3)COC1. The van der Waals surface area contributed by atoms with Gasteiger partial charge in [-0.25, -0.2) is 14.4 Å². The van der Waals surface area contributed by atoms with Crippen molar-refractivity contribution in [3.05, 3.63) is 71.6 Å². The number of rotatable bonds is 4. The zero-order chi connectivity index (χ0) is 24.2. The Hall–Kier alpha value is -3.17. The van der Waals surface area contributed by atoms with E-state index in [4.69, 9.17) is 24.9 Å². The van der Waals surface area contributed by atoms with E-state index in [2.05, 4.69) is 11.9 Å². The van der Waals surface area contributed by atoms with E-state index < -0.39 is 17.3 Å². The molecule has 9 heteroatoms. The molecule has 2 N–H and O–H groups in total. The van der Waals surface area contributed by atoms with Crippen LogP contribution in [0.4, 0.5) is 8.78 Å². The Balaban J connectivity index is 1.49. The predicted molar refractivity (Wildman–Crippen MR) is 130 cm³/mol. The maximum atomic E-state index is 15.4. The van der Waals surface area contributed by atoms with Crippen molar-refractivity contribution in [3.8, 4) is 28.4 Å². The number of nitrogens with zero attached hydrogens (tertiary/aromatic N) is 2. The lowest BCUT2D eigenvalue weighted by Gasteiger charge is -2.40. The Morgan fingerprint density at radius 1 is 1.14 bits per heavy atom. The van der Waals surface area contributed by atoms with E-state index in [1.165, 1.54) is 24.0 Å². The van der Waals surface area contributed by atoms with E-state index in [9.17, 15) is 4.39 Å². The molecule has 1 aromatic heterocycles. The molecule has 0 bridgehead atoms. The van der Waals surface area contributed by atoms with Crippen molar-refractivity contribution in [1.82, 2.24) is 4.98 Å². The third-order valence-electron chi connectivity index (χ3n) is 6.67. The molecule has 0 amide bonds. The van der Waals surface area contributed by atoms with Gasteiger partial charge in [-0.2, -0.15) is 4.39 Å². The number of pyridine rings is 1. The van der Waals surface area contributed by atoms with Gasteiger partial charge in [-0.05, 0) is 42.3 Å². The highest BCUT2D eigenvalue weighted by molar-refractivity contribution is 8.13. The van der Waals surface area contributed by atoms with Crippen molar-refractivity contribution >= 4 is 16.9 Å². The summed E-state index contributed by atoms with van der Waals surface area (Å²) in [7, 11) is 0. The van der Waals surface area contributed by atoms with Gasteiger partial charge in [0, 0.05) is 40.1 Å². The van der Waals surface area contributed by atoms with Crippen LogP contribution in [0, 0.1) is 17.2 Å². The Kier molecular flexibility index (Phi) is 5.23. The minimum Gasteiger partial charge on any atom is -0.493 e. The summed E-state index contributed by atoms with van der Waals surface area (Å²) in [5, 5.41) is 0.402. The fourth-order valence-electron chi connectivity index (χ4n) is 4.79. The van der Waals surface area contributed by atoms with Crippen LogP contribution in [0.2, 0.25) is 0 Å². The van der Waals surface area contributed by atoms with E-state index in [0.29, 0.717) is 70.9 Å². The van der Waals surface area contributed by atoms with E-state index in [1.54, 1.807) is 30.3 Å². The molecule has 3 aliphatic heterocycles. The summed E-state index contributed by atoms with van der Waals surface area (Å²) in [5.41, 5.74) is 7.35. The highest BCUT2D eigenvalue weighted by atomic mass is 32.2. The highest BCUT2D eigenvalue weighted by Crippen LogP contribution is 2.55. The molecular formula is C26H23F2N3O3S. The smallest absolute Gasteiger partial charge is 0.220 e. The summed E-state index contributed by atoms with van der Waals surface area (Å²) < 4.78 is 47.2. The highest BCUT2D eigenvalue weighted by Gasteiger charge is 2.46. The van der Waals surface area contributed by atoms with Crippen LogP contribution in [-0.4, -0.2) is 35.7 Å². The molecule has 6 rings (SSSR count). The van der Waals surface area contributed by atoms with Crippen LogP contribution in [0.25, 0.3) is 11.1 Å². The van der Waals surface area contributed by atoms with Crippen molar-refractivity contribution in [2.24, 2.45) is 16.1 Å². The van der Waals surface area contributed by atoms with Gasteiger partial charge in [-0.1, -0.05) is 24.8 Å². The molecule has 3 aliphatic rings. The van der Waals surface area contributed by atoms with Gasteiger partial charge in [0.05, 0.1) is 19.8 Å². The van der Waals surface area contributed by atoms with E-state index in [-0.39, 0.29) is 11.2 Å². The number of thioether (sulfide) groups is 1. The third kappa shape index (κ3) is 3.73. The topological polar surface area (TPSA) is 79.0 Å². The molecular weight excluding hydrogens is 472 g/mol. The molecule has 0 radical (unpaired) electrons. The Bertz CT molecular complexity index is 1360. The molecule has 1 atom stereocenters. The van der Waals surface area contributed by atoms with Crippen LogP contribution >= 0.6 is 11.8 Å². The second-order valence-corrected chi connectivity index (χ2v) is 10.6. The number of ether oxygens (including phenoxy) is 3. The number of hydrogen-bond acceptors (Lipinski definition) is 7. The molecule has 4 heterocycles. The van der Waals surface area contributed by atoms with E-state index in [1.807, 2.05) is 6.07 Å². The van der Waals surface area contributed by atoms with Gasteiger partial charge >= 0.3 is 0 Å². The first kappa shape index (κ1) is 22.3. The first-order chi connectivity index (χ1) is 16.9. The molecule has 0 aliphatic carbocycles. The van der Waals surface area contributed by atoms with Crippen molar-refractivity contribution in [1.29, 1.82) is 0 Å². The molecule has 1 spiro atoms. The number of fused-ring (bicyclic) bond motifs is 4. The largest absolute Gasteiger partial charge is 0.493 e. The molecule has 0 saturated carbocycles. The summed E-state index contributed by atoms with van der Waals surface area (Å²) in [4.78, 5) is 8.63. The van der Waals surface area contributed by atoms with Crippen molar-refractivity contribution in [2.45, 2.75) is 18.9 Å². The number of halogens is 2. The number of hydrogen-bond donors (Lipinski definition) is 1. The molecule has 2 aromatic carbocycles. The second-order valence-electron chi connectivity index (χ2n) is 9.44. The molecule has 1 saturated heterocycles. The zero-order valence-electron chi connectivity index (χ0n) is 19.0. The fourth-order valence-corrected chi connectivity index (χ4v) is 5.62. The summed E-state index contributed by atoms with van der Waals surface area (Å²) >= 11 is 1.45. The molecule has 180 valence electrons. The van der Waals surface area contributed by atoms with Gasteiger partial charge in [-0.3, -0.25) is 0 Å². The van der Waals surface area contributed by atoms with Crippen molar-refractivity contribution < 1.29 is 23.0 Å². The lowest BCUT2D eigenvalue weighted by atomic mass is 9.77. The number of aromatic nitrogens is 1. The maximum absolute atomic E-state index is 15.4. The van der Waals surface area contributed by atoms with E-state index in [0.717, 1.165) is 0 Å². The minimum atomic E-state index is -0.989. The van der Waals surface area contributed by atoms with Crippen LogP contribution in [0.1, 0.15) is 24.5 Å². The van der Waals surface area contributed by atoms with Crippen LogP contribution in [0.15, 0.2) is 53.7 Å². The first-order valence-electron chi connectivity index (χ1n) is 11.3. The number of amidine groups is 1. The number of aliphatic imine (C=N–C) groups is 1. The van der Waals surface area contributed by atoms with Crippen LogP contribution in [0.5, 0.6) is 17.2 Å². The van der Waals surface area contributed by atoms with Gasteiger partial charge < -0.3 is 19.9 Å². The zero-order valence-corrected chi connectivity index (χ0v) is 19.8. The molecule has 6 nitrogen and oxygen atoms in total. The normalized spacial score (nSPS) is 21.9.